The second-order valence-electron chi connectivity index (χ2n) is 5.02. The monoisotopic (exact) mass is 269 g/mol. The van der Waals surface area contributed by atoms with Crippen molar-refractivity contribution in [1.29, 1.82) is 0 Å². The number of carboxylic acids is 1. The Morgan fingerprint density at radius 3 is 2.68 bits per heavy atom. The van der Waals surface area contributed by atoms with Crippen molar-refractivity contribution in [2.24, 2.45) is 5.41 Å². The van der Waals surface area contributed by atoms with Gasteiger partial charge in [-0.15, -0.1) is 0 Å². The van der Waals surface area contributed by atoms with Crippen LogP contribution < -0.4 is 0 Å². The second-order valence-corrected chi connectivity index (χ2v) is 5.02. The van der Waals surface area contributed by atoms with Crippen LogP contribution in [0.3, 0.4) is 0 Å². The van der Waals surface area contributed by atoms with Gasteiger partial charge in [0.1, 0.15) is 12.2 Å². The summed E-state index contributed by atoms with van der Waals surface area (Å²) in [6.45, 7) is 6.87. The van der Waals surface area contributed by atoms with Gasteiger partial charge in [0.05, 0.1) is 17.7 Å². The lowest BCUT2D eigenvalue weighted by Crippen LogP contribution is -2.26. The van der Waals surface area contributed by atoms with Gasteiger partial charge >= 0.3 is 11.9 Å². The highest BCUT2D eigenvalue weighted by molar-refractivity contribution is 5.76. The fourth-order valence-corrected chi connectivity index (χ4v) is 1.50. The fraction of sp³-hybridized carbons (Fsp3) is 0.615. The first-order chi connectivity index (χ1) is 8.77. The van der Waals surface area contributed by atoms with E-state index in [0.29, 0.717) is 12.3 Å². The molecular formula is C13H19NO5. The first-order valence-corrected chi connectivity index (χ1v) is 6.12. The lowest BCUT2D eigenvalue weighted by molar-refractivity contribution is -0.147. The molecule has 1 rings (SSSR count). The molecule has 1 N–H and O–H groups in total. The third-order valence-electron chi connectivity index (χ3n) is 2.78. The van der Waals surface area contributed by atoms with E-state index >= 15 is 0 Å². The van der Waals surface area contributed by atoms with Crippen LogP contribution in [0.5, 0.6) is 0 Å². The average Bonchev–Trinajstić information content (AvgIpc) is 2.75. The number of carboxylic acid groups (broad SMARTS) is 1. The normalized spacial score (nSPS) is 13.1. The minimum atomic E-state index is -0.929. The summed E-state index contributed by atoms with van der Waals surface area (Å²) in [4.78, 5) is 26.7. The van der Waals surface area contributed by atoms with Gasteiger partial charge in [0.25, 0.3) is 0 Å². The van der Waals surface area contributed by atoms with Crippen LogP contribution in [0.2, 0.25) is 0 Å². The van der Waals surface area contributed by atoms with Crippen LogP contribution in [0.4, 0.5) is 0 Å². The van der Waals surface area contributed by atoms with Crippen LogP contribution in [0, 0.1) is 5.41 Å². The molecule has 6 nitrogen and oxygen atoms in total. The lowest BCUT2D eigenvalue weighted by Gasteiger charge is -2.16. The van der Waals surface area contributed by atoms with Crippen LogP contribution >= 0.6 is 0 Å². The summed E-state index contributed by atoms with van der Waals surface area (Å²) in [5.41, 5.74) is -0.417. The van der Waals surface area contributed by atoms with Gasteiger partial charge in [0.15, 0.2) is 0 Å². The Hall–Kier alpha value is -1.85. The number of aliphatic carboxylic acids is 1. The van der Waals surface area contributed by atoms with E-state index in [1.54, 1.807) is 27.7 Å². The molecule has 1 heterocycles. The summed E-state index contributed by atoms with van der Waals surface area (Å²) < 4.78 is 10.1. The predicted molar refractivity (Wildman–Crippen MR) is 66.7 cm³/mol. The maximum Gasteiger partial charge on any atom is 0.318 e. The number of carbonyl (C=O) groups excluding carboxylic acids is 1. The molecule has 106 valence electrons. The first-order valence-electron chi connectivity index (χ1n) is 6.12. The maximum absolute atomic E-state index is 11.5. The van der Waals surface area contributed by atoms with Crippen LogP contribution in [-0.4, -0.2) is 28.6 Å². The Labute approximate surface area is 111 Å². The molecule has 0 amide bonds. The number of hydrogen-bond donors (Lipinski definition) is 1. The van der Waals surface area contributed by atoms with Crippen molar-refractivity contribution in [3.05, 3.63) is 17.8 Å². The zero-order valence-electron chi connectivity index (χ0n) is 11.6. The van der Waals surface area contributed by atoms with E-state index in [1.165, 1.54) is 6.26 Å². The highest BCUT2D eigenvalue weighted by atomic mass is 16.5. The van der Waals surface area contributed by atoms with Gasteiger partial charge in [-0.05, 0) is 27.7 Å². The summed E-state index contributed by atoms with van der Waals surface area (Å²) in [5, 5.41) is 9.04. The predicted octanol–water partition coefficient (Wildman–Crippen LogP) is 1.99. The fourth-order valence-electron chi connectivity index (χ4n) is 1.50. The molecular weight excluding hydrogens is 250 g/mol. The maximum atomic E-state index is 11.5. The molecule has 0 saturated carbocycles. The molecule has 0 aliphatic heterocycles. The summed E-state index contributed by atoms with van der Waals surface area (Å²) in [5.74, 6) is -1.67. The number of carbonyl (C=O) groups is 2. The van der Waals surface area contributed by atoms with Gasteiger partial charge in [0, 0.05) is 6.42 Å². The summed E-state index contributed by atoms with van der Waals surface area (Å²) in [6.07, 6.45) is 1.62. The molecule has 0 aliphatic carbocycles. The Kier molecular flexibility index (Phi) is 4.69. The molecule has 19 heavy (non-hydrogen) atoms. The molecule has 0 aliphatic rings. The van der Waals surface area contributed by atoms with E-state index in [4.69, 9.17) is 14.3 Å². The topological polar surface area (TPSA) is 89.6 Å². The van der Waals surface area contributed by atoms with Crippen molar-refractivity contribution in [2.75, 3.05) is 6.61 Å². The number of oxazole rings is 1. The van der Waals surface area contributed by atoms with E-state index in [9.17, 15) is 9.59 Å². The van der Waals surface area contributed by atoms with E-state index in [-0.39, 0.29) is 12.3 Å². The standard InChI is InChI=1S/C13H19NO5/c1-5-18-11(15)8(2)10-14-9(7-19-10)6-13(3,4)12(16)17/h7-8H,5-6H2,1-4H3,(H,16,17). The molecule has 0 saturated heterocycles. The van der Waals surface area contributed by atoms with Crippen molar-refractivity contribution in [3.63, 3.8) is 0 Å². The SMILES string of the molecule is CCOC(=O)C(C)c1nc(CC(C)(C)C(=O)O)co1. The van der Waals surface area contributed by atoms with Gasteiger partial charge < -0.3 is 14.3 Å². The van der Waals surface area contributed by atoms with Crippen molar-refractivity contribution in [3.8, 4) is 0 Å². The van der Waals surface area contributed by atoms with Gasteiger partial charge in [-0.25, -0.2) is 4.98 Å². The van der Waals surface area contributed by atoms with Gasteiger partial charge in [-0.3, -0.25) is 9.59 Å². The molecule has 0 radical (unpaired) electrons. The molecule has 0 fully saturated rings. The van der Waals surface area contributed by atoms with E-state index < -0.39 is 23.3 Å². The minimum absolute atomic E-state index is 0.237. The molecule has 6 heteroatoms. The average molecular weight is 269 g/mol. The van der Waals surface area contributed by atoms with Crippen molar-refractivity contribution >= 4 is 11.9 Å². The van der Waals surface area contributed by atoms with Crippen LogP contribution in [0.25, 0.3) is 0 Å². The van der Waals surface area contributed by atoms with E-state index in [1.807, 2.05) is 0 Å². The molecule has 0 spiro atoms. The molecule has 0 aromatic carbocycles. The lowest BCUT2D eigenvalue weighted by atomic mass is 9.88. The number of rotatable bonds is 6. The molecule has 1 aromatic heterocycles. The van der Waals surface area contributed by atoms with Crippen molar-refractivity contribution < 1.29 is 23.8 Å². The van der Waals surface area contributed by atoms with E-state index in [2.05, 4.69) is 4.98 Å². The number of aromatic nitrogens is 1. The largest absolute Gasteiger partial charge is 0.481 e. The summed E-state index contributed by atoms with van der Waals surface area (Å²) in [7, 11) is 0. The van der Waals surface area contributed by atoms with Crippen LogP contribution in [0.15, 0.2) is 10.7 Å². The number of hydrogen-bond acceptors (Lipinski definition) is 5. The highest BCUT2D eigenvalue weighted by Crippen LogP contribution is 2.23. The molecule has 1 unspecified atom stereocenters. The van der Waals surface area contributed by atoms with Crippen molar-refractivity contribution in [1.82, 2.24) is 4.98 Å². The zero-order chi connectivity index (χ0) is 14.6. The van der Waals surface area contributed by atoms with Crippen molar-refractivity contribution in [2.45, 2.75) is 40.0 Å². The van der Waals surface area contributed by atoms with E-state index in [0.717, 1.165) is 0 Å². The van der Waals surface area contributed by atoms with Crippen LogP contribution in [-0.2, 0) is 20.7 Å². The Morgan fingerprint density at radius 1 is 1.53 bits per heavy atom. The minimum Gasteiger partial charge on any atom is -0.481 e. The third kappa shape index (κ3) is 3.81. The number of esters is 1. The highest BCUT2D eigenvalue weighted by Gasteiger charge is 2.30. The Balaban J connectivity index is 2.77. The number of ether oxygens (including phenoxy) is 1. The summed E-state index contributed by atoms with van der Waals surface area (Å²) in [6, 6.07) is 0. The van der Waals surface area contributed by atoms with Gasteiger partial charge in [0.2, 0.25) is 5.89 Å². The quantitative estimate of drug-likeness (QED) is 0.794. The Bertz CT molecular complexity index is 463. The van der Waals surface area contributed by atoms with Gasteiger partial charge in [-0.1, -0.05) is 0 Å². The second kappa shape index (κ2) is 5.86. The molecule has 0 bridgehead atoms. The van der Waals surface area contributed by atoms with Crippen LogP contribution in [0.1, 0.15) is 45.2 Å². The molecule has 1 atom stereocenters. The summed E-state index contributed by atoms with van der Waals surface area (Å²) >= 11 is 0. The molecule has 1 aromatic rings. The first kappa shape index (κ1) is 15.2. The zero-order valence-corrected chi connectivity index (χ0v) is 11.6. The number of nitrogens with zero attached hydrogens (tertiary/aromatic N) is 1. The van der Waals surface area contributed by atoms with Gasteiger partial charge in [-0.2, -0.15) is 0 Å². The Morgan fingerprint density at radius 2 is 2.16 bits per heavy atom. The smallest absolute Gasteiger partial charge is 0.318 e. The third-order valence-corrected chi connectivity index (χ3v) is 2.78.